The molecule has 0 saturated carbocycles. The summed E-state index contributed by atoms with van der Waals surface area (Å²) >= 11 is 12.2. The summed E-state index contributed by atoms with van der Waals surface area (Å²) in [6.45, 7) is 3.96. The zero-order valence-corrected chi connectivity index (χ0v) is 18.3. The second-order valence-electron chi connectivity index (χ2n) is 5.97. The summed E-state index contributed by atoms with van der Waals surface area (Å²) in [6.07, 6.45) is 3.31. The molecule has 2 aromatic rings. The van der Waals surface area contributed by atoms with Crippen LogP contribution in [0.5, 0.6) is 11.5 Å². The molecule has 0 bridgehead atoms. The Morgan fingerprint density at radius 1 is 1.27 bits per heavy atom. The van der Waals surface area contributed by atoms with E-state index < -0.39 is 11.8 Å². The Kier molecular flexibility index (Phi) is 7.15. The van der Waals surface area contributed by atoms with Crippen LogP contribution in [0, 0.1) is 0 Å². The van der Waals surface area contributed by atoms with Gasteiger partial charge in [-0.1, -0.05) is 42.1 Å². The maximum atomic E-state index is 12.8. The number of ether oxygens (including phenoxy) is 2. The van der Waals surface area contributed by atoms with Crippen LogP contribution in [0.2, 0.25) is 5.02 Å². The Bertz CT molecular complexity index is 1040. The number of thioether (sulfide) groups is 1. The van der Waals surface area contributed by atoms with Gasteiger partial charge in [0.25, 0.3) is 11.8 Å². The fraction of sp³-hybridized carbons (Fsp3) is 0.0952. The van der Waals surface area contributed by atoms with Gasteiger partial charge in [0, 0.05) is 10.6 Å². The van der Waals surface area contributed by atoms with Gasteiger partial charge < -0.3 is 9.47 Å². The van der Waals surface area contributed by atoms with E-state index in [1.807, 2.05) is 0 Å². The van der Waals surface area contributed by atoms with Gasteiger partial charge in [-0.3, -0.25) is 15.0 Å². The van der Waals surface area contributed by atoms with E-state index in [0.717, 1.165) is 22.3 Å². The van der Waals surface area contributed by atoms with Crippen LogP contribution in [0.3, 0.4) is 0 Å². The highest BCUT2D eigenvalue weighted by Crippen LogP contribution is 2.34. The van der Waals surface area contributed by atoms with Gasteiger partial charge in [-0.2, -0.15) is 5.01 Å². The lowest BCUT2D eigenvalue weighted by Gasteiger charge is -2.15. The first kappa shape index (κ1) is 21.9. The molecule has 2 amide bonds. The van der Waals surface area contributed by atoms with Crippen molar-refractivity contribution in [3.05, 3.63) is 76.2 Å². The van der Waals surface area contributed by atoms with Gasteiger partial charge in [0.15, 0.2) is 15.8 Å². The van der Waals surface area contributed by atoms with Gasteiger partial charge in [0.1, 0.15) is 6.61 Å². The minimum absolute atomic E-state index is 0.228. The Labute approximate surface area is 188 Å². The second-order valence-corrected chi connectivity index (χ2v) is 8.09. The van der Waals surface area contributed by atoms with Gasteiger partial charge in [0.05, 0.1) is 12.0 Å². The summed E-state index contributed by atoms with van der Waals surface area (Å²) in [5, 5.41) is 1.57. The van der Waals surface area contributed by atoms with Crippen LogP contribution in [0.4, 0.5) is 0 Å². The molecule has 0 atom stereocenters. The van der Waals surface area contributed by atoms with Crippen LogP contribution in [-0.2, 0) is 4.79 Å². The smallest absolute Gasteiger partial charge is 0.285 e. The summed E-state index contributed by atoms with van der Waals surface area (Å²) in [7, 11) is 1.53. The number of halogens is 1. The fourth-order valence-corrected chi connectivity index (χ4v) is 3.83. The largest absolute Gasteiger partial charge is 0.493 e. The highest BCUT2D eigenvalue weighted by Gasteiger charge is 2.33. The van der Waals surface area contributed by atoms with Crippen molar-refractivity contribution in [2.75, 3.05) is 13.7 Å². The number of carbonyl (C=O) groups is 2. The number of hydrogen-bond donors (Lipinski definition) is 1. The van der Waals surface area contributed by atoms with Crippen molar-refractivity contribution in [3.63, 3.8) is 0 Å². The molecular formula is C21H17ClN2O4S2. The lowest BCUT2D eigenvalue weighted by atomic mass is 10.2. The zero-order chi connectivity index (χ0) is 21.7. The molecule has 0 radical (unpaired) electrons. The molecule has 0 aromatic heterocycles. The molecule has 0 unspecified atom stereocenters. The molecule has 9 heteroatoms. The molecule has 0 aliphatic carbocycles. The third-order valence-electron chi connectivity index (χ3n) is 3.96. The van der Waals surface area contributed by atoms with Crippen molar-refractivity contribution in [3.8, 4) is 11.5 Å². The highest BCUT2D eigenvalue weighted by molar-refractivity contribution is 8.26. The van der Waals surface area contributed by atoms with Crippen LogP contribution in [0.15, 0.2) is 60.0 Å². The van der Waals surface area contributed by atoms with E-state index in [0.29, 0.717) is 33.6 Å². The number of hydrazine groups is 1. The first-order chi connectivity index (χ1) is 14.4. The van der Waals surface area contributed by atoms with Crippen molar-refractivity contribution in [1.82, 2.24) is 10.4 Å². The van der Waals surface area contributed by atoms with Crippen molar-refractivity contribution in [1.29, 1.82) is 0 Å². The van der Waals surface area contributed by atoms with Gasteiger partial charge in [-0.05, 0) is 60.3 Å². The van der Waals surface area contributed by atoms with Gasteiger partial charge in [0.2, 0.25) is 0 Å². The van der Waals surface area contributed by atoms with Crippen LogP contribution in [-0.4, -0.2) is 34.9 Å². The first-order valence-corrected chi connectivity index (χ1v) is 10.3. The van der Waals surface area contributed by atoms with Crippen molar-refractivity contribution in [2.45, 2.75) is 0 Å². The lowest BCUT2D eigenvalue weighted by Crippen LogP contribution is -2.44. The molecule has 6 nitrogen and oxygen atoms in total. The van der Waals surface area contributed by atoms with Gasteiger partial charge in [-0.25, -0.2) is 0 Å². The molecule has 1 saturated heterocycles. The number of hydrogen-bond acceptors (Lipinski definition) is 6. The van der Waals surface area contributed by atoms with Gasteiger partial charge >= 0.3 is 0 Å². The van der Waals surface area contributed by atoms with E-state index in [9.17, 15) is 9.59 Å². The number of carbonyl (C=O) groups excluding carboxylic acids is 2. The Hall–Kier alpha value is -2.81. The van der Waals surface area contributed by atoms with Crippen molar-refractivity contribution in [2.24, 2.45) is 0 Å². The molecule has 1 aliphatic rings. The summed E-state index contributed by atoms with van der Waals surface area (Å²) in [5.74, 6) is 0.210. The number of nitrogens with zero attached hydrogens (tertiary/aromatic N) is 1. The molecule has 1 heterocycles. The fourth-order valence-electron chi connectivity index (χ4n) is 2.52. The Balaban J connectivity index is 1.76. The molecule has 154 valence electrons. The molecule has 30 heavy (non-hydrogen) atoms. The van der Waals surface area contributed by atoms with E-state index in [-0.39, 0.29) is 4.32 Å². The quantitative estimate of drug-likeness (QED) is 0.374. The Morgan fingerprint density at radius 3 is 2.67 bits per heavy atom. The average Bonchev–Trinajstić information content (AvgIpc) is 3.00. The molecule has 2 aromatic carbocycles. The maximum Gasteiger partial charge on any atom is 0.285 e. The molecule has 0 spiro atoms. The predicted octanol–water partition coefficient (Wildman–Crippen LogP) is 4.46. The van der Waals surface area contributed by atoms with E-state index in [1.165, 1.54) is 7.11 Å². The summed E-state index contributed by atoms with van der Waals surface area (Å²) in [4.78, 5) is 25.5. The Morgan fingerprint density at radius 2 is 2.00 bits per heavy atom. The monoisotopic (exact) mass is 460 g/mol. The number of amides is 2. The van der Waals surface area contributed by atoms with Crippen LogP contribution in [0.25, 0.3) is 6.08 Å². The minimum Gasteiger partial charge on any atom is -0.493 e. The van der Waals surface area contributed by atoms with Crippen LogP contribution in [0.1, 0.15) is 15.9 Å². The molecule has 1 N–H and O–H groups in total. The molecular weight excluding hydrogens is 444 g/mol. The molecule has 3 rings (SSSR count). The average molecular weight is 461 g/mol. The summed E-state index contributed by atoms with van der Waals surface area (Å²) < 4.78 is 11.1. The lowest BCUT2D eigenvalue weighted by molar-refractivity contribution is -0.123. The predicted molar refractivity (Wildman–Crippen MR) is 123 cm³/mol. The van der Waals surface area contributed by atoms with Gasteiger partial charge in [-0.15, -0.1) is 0 Å². The molecule has 1 aliphatic heterocycles. The van der Waals surface area contributed by atoms with E-state index in [4.69, 9.17) is 33.3 Å². The minimum atomic E-state index is -0.463. The number of methoxy groups -OCH3 is 1. The van der Waals surface area contributed by atoms with Crippen LogP contribution < -0.4 is 14.9 Å². The first-order valence-electron chi connectivity index (χ1n) is 8.69. The number of thiocarbonyl (C=S) groups is 1. The van der Waals surface area contributed by atoms with Crippen molar-refractivity contribution < 1.29 is 19.1 Å². The molecule has 1 fully saturated rings. The van der Waals surface area contributed by atoms with E-state index in [2.05, 4.69) is 12.0 Å². The summed E-state index contributed by atoms with van der Waals surface area (Å²) in [5.41, 5.74) is 3.61. The third-order valence-corrected chi connectivity index (χ3v) is 5.51. The van der Waals surface area contributed by atoms with Crippen LogP contribution >= 0.6 is 35.6 Å². The number of rotatable bonds is 7. The van der Waals surface area contributed by atoms with Crippen molar-refractivity contribution >= 4 is 57.8 Å². The number of nitrogens with one attached hydrogen (secondary N) is 1. The second kappa shape index (κ2) is 9.80. The standard InChI is InChI=1S/C21H17ClN2O4S2/c1-3-10-28-16-9-4-13(11-17(16)27-2)12-18-20(26)24(21(29)30-18)23-19(25)14-5-7-15(22)8-6-14/h3-9,11-12H,1,10H2,2H3,(H,23,25)/b18-12+. The zero-order valence-electron chi connectivity index (χ0n) is 15.9. The SMILES string of the molecule is C=CCOc1ccc(/C=C2/SC(=S)N(NC(=O)c3ccc(Cl)cc3)C2=O)cc1OC. The van der Waals surface area contributed by atoms with E-state index >= 15 is 0 Å². The maximum absolute atomic E-state index is 12.8. The highest BCUT2D eigenvalue weighted by atomic mass is 35.5. The normalized spacial score (nSPS) is 14.7. The number of benzene rings is 2. The van der Waals surface area contributed by atoms with E-state index in [1.54, 1.807) is 54.6 Å². The topological polar surface area (TPSA) is 67.9 Å². The summed E-state index contributed by atoms with van der Waals surface area (Å²) in [6, 6.07) is 11.6. The third kappa shape index (κ3) is 5.02.